The first-order chi connectivity index (χ1) is 9.60. The molecule has 0 spiro atoms. The van der Waals surface area contributed by atoms with Crippen molar-refractivity contribution in [3.63, 3.8) is 0 Å². The average molecular weight is 346 g/mol. The van der Waals surface area contributed by atoms with Crippen molar-refractivity contribution in [1.29, 1.82) is 0 Å². The number of ether oxygens (including phenoxy) is 1. The lowest BCUT2D eigenvalue weighted by molar-refractivity contribution is 0.0760. The van der Waals surface area contributed by atoms with Crippen LogP contribution in [0.4, 0.5) is 0 Å². The molecule has 0 unspecified atom stereocenters. The maximum Gasteiger partial charge on any atom is 0.0767 e. The zero-order valence-electron chi connectivity index (χ0n) is 13.2. The molecule has 0 amide bonds. The first-order valence-electron chi connectivity index (χ1n) is 7.66. The molecular formula is C15H28BrN3O. The standard InChI is InChI=1S/C15H28BrN3O/c1-5-13-15(16)14(19(6-2)18-13)11-17-9-7-8-10-20-12(3)4/h12,17H,5-11H2,1-4H3. The number of nitrogens with one attached hydrogen (secondary N) is 1. The van der Waals surface area contributed by atoms with Gasteiger partial charge in [0, 0.05) is 19.7 Å². The highest BCUT2D eigenvalue weighted by Gasteiger charge is 2.12. The van der Waals surface area contributed by atoms with Crippen LogP contribution in [0.1, 0.15) is 51.9 Å². The first-order valence-corrected chi connectivity index (χ1v) is 8.45. The lowest BCUT2D eigenvalue weighted by atomic mass is 10.3. The van der Waals surface area contributed by atoms with E-state index >= 15 is 0 Å². The lowest BCUT2D eigenvalue weighted by Gasteiger charge is -2.09. The number of rotatable bonds is 10. The van der Waals surface area contributed by atoms with Gasteiger partial charge in [-0.05, 0) is 62.5 Å². The molecular weight excluding hydrogens is 318 g/mol. The summed E-state index contributed by atoms with van der Waals surface area (Å²) in [7, 11) is 0. The van der Waals surface area contributed by atoms with Crippen molar-refractivity contribution in [3.8, 4) is 0 Å². The van der Waals surface area contributed by atoms with Crippen LogP contribution >= 0.6 is 15.9 Å². The van der Waals surface area contributed by atoms with Crippen molar-refractivity contribution in [3.05, 3.63) is 15.9 Å². The minimum atomic E-state index is 0.338. The first kappa shape index (κ1) is 17.7. The second-order valence-corrected chi connectivity index (χ2v) is 5.97. The number of aryl methyl sites for hydroxylation is 2. The SMILES string of the molecule is CCc1nn(CC)c(CNCCCCOC(C)C)c1Br. The van der Waals surface area contributed by atoms with Crippen LogP contribution in [-0.2, 0) is 24.2 Å². The summed E-state index contributed by atoms with van der Waals surface area (Å²) in [4.78, 5) is 0. The second kappa shape index (κ2) is 9.53. The average Bonchev–Trinajstić information content (AvgIpc) is 2.73. The number of unbranched alkanes of at least 4 members (excludes halogenated alkanes) is 1. The Labute approximate surface area is 131 Å². The number of hydrogen-bond donors (Lipinski definition) is 1. The molecule has 1 rings (SSSR count). The minimum absolute atomic E-state index is 0.338. The maximum absolute atomic E-state index is 5.53. The third kappa shape index (κ3) is 5.54. The van der Waals surface area contributed by atoms with Crippen molar-refractivity contribution >= 4 is 15.9 Å². The number of halogens is 1. The normalized spacial score (nSPS) is 11.5. The van der Waals surface area contributed by atoms with E-state index in [9.17, 15) is 0 Å². The number of aromatic nitrogens is 2. The van der Waals surface area contributed by atoms with Crippen LogP contribution < -0.4 is 5.32 Å². The summed E-state index contributed by atoms with van der Waals surface area (Å²) >= 11 is 3.67. The molecule has 1 N–H and O–H groups in total. The molecule has 0 atom stereocenters. The summed E-state index contributed by atoms with van der Waals surface area (Å²) in [6.45, 7) is 12.1. The van der Waals surface area contributed by atoms with E-state index in [1.165, 1.54) is 5.69 Å². The molecule has 0 saturated carbocycles. The summed E-state index contributed by atoms with van der Waals surface area (Å²) in [5.41, 5.74) is 2.40. The zero-order valence-corrected chi connectivity index (χ0v) is 14.8. The van der Waals surface area contributed by atoms with Gasteiger partial charge in [-0.2, -0.15) is 5.10 Å². The Balaban J connectivity index is 2.29. The van der Waals surface area contributed by atoms with Crippen molar-refractivity contribution in [2.45, 2.75) is 66.2 Å². The monoisotopic (exact) mass is 345 g/mol. The Morgan fingerprint density at radius 2 is 2.05 bits per heavy atom. The Morgan fingerprint density at radius 1 is 1.30 bits per heavy atom. The van der Waals surface area contributed by atoms with Gasteiger partial charge in [0.25, 0.3) is 0 Å². The molecule has 0 fully saturated rings. The summed E-state index contributed by atoms with van der Waals surface area (Å²) in [5, 5.41) is 8.10. The smallest absolute Gasteiger partial charge is 0.0767 e. The van der Waals surface area contributed by atoms with E-state index < -0.39 is 0 Å². The molecule has 20 heavy (non-hydrogen) atoms. The van der Waals surface area contributed by atoms with Crippen LogP contribution in [0.5, 0.6) is 0 Å². The summed E-state index contributed by atoms with van der Waals surface area (Å²) in [6, 6.07) is 0. The molecule has 0 aliphatic carbocycles. The summed E-state index contributed by atoms with van der Waals surface area (Å²) in [6.07, 6.45) is 3.56. The van der Waals surface area contributed by atoms with E-state index in [4.69, 9.17) is 4.74 Å². The van der Waals surface area contributed by atoms with E-state index in [2.05, 4.69) is 58.7 Å². The van der Waals surface area contributed by atoms with Crippen molar-refractivity contribution in [2.75, 3.05) is 13.2 Å². The van der Waals surface area contributed by atoms with E-state index in [-0.39, 0.29) is 0 Å². The third-order valence-electron chi connectivity index (χ3n) is 3.19. The molecule has 0 aliphatic heterocycles. The van der Waals surface area contributed by atoms with Crippen molar-refractivity contribution < 1.29 is 4.74 Å². The van der Waals surface area contributed by atoms with E-state index in [1.807, 2.05) is 0 Å². The largest absolute Gasteiger partial charge is 0.379 e. The number of hydrogen-bond acceptors (Lipinski definition) is 3. The molecule has 5 heteroatoms. The van der Waals surface area contributed by atoms with Gasteiger partial charge in [-0.1, -0.05) is 6.92 Å². The Morgan fingerprint density at radius 3 is 2.65 bits per heavy atom. The Hall–Kier alpha value is -0.390. The highest BCUT2D eigenvalue weighted by molar-refractivity contribution is 9.10. The predicted molar refractivity (Wildman–Crippen MR) is 87.0 cm³/mol. The van der Waals surface area contributed by atoms with Crippen molar-refractivity contribution in [2.24, 2.45) is 0 Å². The predicted octanol–water partition coefficient (Wildman–Crippen LogP) is 3.52. The Bertz CT molecular complexity index is 391. The van der Waals surface area contributed by atoms with Gasteiger partial charge in [0.2, 0.25) is 0 Å². The lowest BCUT2D eigenvalue weighted by Crippen LogP contribution is -2.18. The van der Waals surface area contributed by atoms with E-state index in [1.54, 1.807) is 0 Å². The molecule has 0 saturated heterocycles. The fourth-order valence-electron chi connectivity index (χ4n) is 2.06. The molecule has 0 aliphatic rings. The molecule has 0 bridgehead atoms. The quantitative estimate of drug-likeness (QED) is 0.659. The third-order valence-corrected chi connectivity index (χ3v) is 4.10. The molecule has 116 valence electrons. The molecule has 4 nitrogen and oxygen atoms in total. The molecule has 0 radical (unpaired) electrons. The van der Waals surface area contributed by atoms with Crippen molar-refractivity contribution in [1.82, 2.24) is 15.1 Å². The van der Waals surface area contributed by atoms with Gasteiger partial charge in [0.15, 0.2) is 0 Å². The summed E-state index contributed by atoms with van der Waals surface area (Å²) < 4.78 is 8.78. The van der Waals surface area contributed by atoms with Crippen LogP contribution in [0, 0.1) is 0 Å². The van der Waals surface area contributed by atoms with Gasteiger partial charge in [0.05, 0.1) is 22.0 Å². The molecule has 1 heterocycles. The maximum atomic E-state index is 5.53. The van der Waals surface area contributed by atoms with Crippen LogP contribution in [-0.4, -0.2) is 29.0 Å². The second-order valence-electron chi connectivity index (χ2n) is 5.18. The highest BCUT2D eigenvalue weighted by atomic mass is 79.9. The fraction of sp³-hybridized carbons (Fsp3) is 0.800. The van der Waals surface area contributed by atoms with Gasteiger partial charge in [-0.15, -0.1) is 0 Å². The molecule has 0 aromatic carbocycles. The van der Waals surface area contributed by atoms with Gasteiger partial charge < -0.3 is 10.1 Å². The molecule has 1 aromatic rings. The highest BCUT2D eigenvalue weighted by Crippen LogP contribution is 2.22. The Kier molecular flexibility index (Phi) is 8.41. The minimum Gasteiger partial charge on any atom is -0.379 e. The van der Waals surface area contributed by atoms with Gasteiger partial charge in [-0.3, -0.25) is 4.68 Å². The van der Waals surface area contributed by atoms with Gasteiger partial charge in [-0.25, -0.2) is 0 Å². The van der Waals surface area contributed by atoms with Gasteiger partial charge >= 0.3 is 0 Å². The van der Waals surface area contributed by atoms with Crippen LogP contribution in [0.15, 0.2) is 4.47 Å². The van der Waals surface area contributed by atoms with Crippen LogP contribution in [0.3, 0.4) is 0 Å². The summed E-state index contributed by atoms with van der Waals surface area (Å²) in [5.74, 6) is 0. The topological polar surface area (TPSA) is 39.1 Å². The van der Waals surface area contributed by atoms with Crippen LogP contribution in [0.25, 0.3) is 0 Å². The molecule has 1 aromatic heterocycles. The number of nitrogens with zero attached hydrogens (tertiary/aromatic N) is 2. The van der Waals surface area contributed by atoms with Gasteiger partial charge in [0.1, 0.15) is 0 Å². The van der Waals surface area contributed by atoms with E-state index in [0.717, 1.165) is 55.7 Å². The zero-order chi connectivity index (χ0) is 15.0. The van der Waals surface area contributed by atoms with Crippen LogP contribution in [0.2, 0.25) is 0 Å². The van der Waals surface area contributed by atoms with E-state index in [0.29, 0.717) is 6.10 Å². The fourth-order valence-corrected chi connectivity index (χ4v) is 2.77.